The van der Waals surface area contributed by atoms with Crippen molar-refractivity contribution in [2.45, 2.75) is 46.3 Å². The Morgan fingerprint density at radius 3 is 2.16 bits per heavy atom. The first-order valence-corrected chi connectivity index (χ1v) is 8.28. The highest BCUT2D eigenvalue weighted by molar-refractivity contribution is 14.0. The number of nitrogens with zero attached hydrogens (tertiary/aromatic N) is 3. The van der Waals surface area contributed by atoms with E-state index >= 15 is 0 Å². The summed E-state index contributed by atoms with van der Waals surface area (Å²) in [4.78, 5) is 16.9. The molecule has 0 heterocycles. The van der Waals surface area contributed by atoms with Crippen LogP contribution in [0.15, 0.2) is 29.3 Å². The summed E-state index contributed by atoms with van der Waals surface area (Å²) in [6, 6.07) is 7.52. The van der Waals surface area contributed by atoms with Crippen LogP contribution in [0.5, 0.6) is 0 Å². The molecule has 0 radical (unpaired) electrons. The second-order valence-corrected chi connectivity index (χ2v) is 6.20. The van der Waals surface area contributed by atoms with Gasteiger partial charge < -0.3 is 10.6 Å². The highest BCUT2D eigenvalue weighted by Gasteiger charge is 2.12. The van der Waals surface area contributed by atoms with Gasteiger partial charge in [0, 0.05) is 50.9 Å². The Labute approximate surface area is 167 Å². The maximum atomic E-state index is 10.7. The van der Waals surface area contributed by atoms with Crippen LogP contribution in [0.1, 0.15) is 33.3 Å². The Morgan fingerprint density at radius 1 is 1.16 bits per heavy atom. The Balaban J connectivity index is 0.00000576. The lowest BCUT2D eigenvalue weighted by atomic mass is 10.2. The van der Waals surface area contributed by atoms with Crippen molar-refractivity contribution < 1.29 is 4.92 Å². The van der Waals surface area contributed by atoms with E-state index in [-0.39, 0.29) is 29.7 Å². The maximum absolute atomic E-state index is 10.7. The van der Waals surface area contributed by atoms with Crippen LogP contribution in [0.2, 0.25) is 0 Å². The third-order valence-corrected chi connectivity index (χ3v) is 3.82. The number of aliphatic imine (C=N–C) groups is 1. The predicted octanol–water partition coefficient (Wildman–Crippen LogP) is 3.00. The van der Waals surface area contributed by atoms with Gasteiger partial charge in [0.2, 0.25) is 0 Å². The van der Waals surface area contributed by atoms with Crippen molar-refractivity contribution in [2.75, 3.05) is 20.1 Å². The molecule has 1 rings (SSSR count). The quantitative estimate of drug-likeness (QED) is 0.204. The van der Waals surface area contributed by atoms with E-state index in [0.29, 0.717) is 18.6 Å². The predicted molar refractivity (Wildman–Crippen MR) is 114 cm³/mol. The molecule has 25 heavy (non-hydrogen) atoms. The molecule has 0 aliphatic carbocycles. The smallest absolute Gasteiger partial charge is 0.269 e. The van der Waals surface area contributed by atoms with Gasteiger partial charge in [0.1, 0.15) is 0 Å². The third kappa shape index (κ3) is 8.48. The van der Waals surface area contributed by atoms with Crippen molar-refractivity contribution in [1.82, 2.24) is 15.5 Å². The second-order valence-electron chi connectivity index (χ2n) is 6.20. The molecule has 142 valence electrons. The number of halogens is 1. The molecule has 7 nitrogen and oxygen atoms in total. The van der Waals surface area contributed by atoms with E-state index in [1.165, 1.54) is 12.1 Å². The molecule has 0 amide bonds. The van der Waals surface area contributed by atoms with Gasteiger partial charge in [0.25, 0.3) is 5.69 Å². The number of hydrogen-bond acceptors (Lipinski definition) is 4. The highest BCUT2D eigenvalue weighted by atomic mass is 127. The maximum Gasteiger partial charge on any atom is 0.269 e. The molecule has 0 spiro atoms. The minimum Gasteiger partial charge on any atom is -0.355 e. The number of hydrogen-bond donors (Lipinski definition) is 2. The zero-order chi connectivity index (χ0) is 18.1. The fourth-order valence-electron chi connectivity index (χ4n) is 2.56. The van der Waals surface area contributed by atoms with Gasteiger partial charge >= 0.3 is 0 Å². The average Bonchev–Trinajstić information content (AvgIpc) is 2.53. The Bertz CT molecular complexity index is 538. The first kappa shape index (κ1) is 23.6. The lowest BCUT2D eigenvalue weighted by Crippen LogP contribution is -2.45. The first-order chi connectivity index (χ1) is 11.3. The van der Waals surface area contributed by atoms with Crippen LogP contribution >= 0.6 is 24.0 Å². The van der Waals surface area contributed by atoms with Gasteiger partial charge in [-0.25, -0.2) is 0 Å². The molecule has 0 atom stereocenters. The van der Waals surface area contributed by atoms with Crippen molar-refractivity contribution in [3.8, 4) is 0 Å². The summed E-state index contributed by atoms with van der Waals surface area (Å²) in [6.07, 6.45) is 0. The summed E-state index contributed by atoms with van der Waals surface area (Å²) in [5.41, 5.74) is 1.07. The molecule has 0 aromatic heterocycles. The van der Waals surface area contributed by atoms with Crippen LogP contribution < -0.4 is 10.6 Å². The highest BCUT2D eigenvalue weighted by Crippen LogP contribution is 2.11. The van der Waals surface area contributed by atoms with Gasteiger partial charge in [0.15, 0.2) is 5.96 Å². The van der Waals surface area contributed by atoms with Gasteiger partial charge in [-0.15, -0.1) is 24.0 Å². The third-order valence-electron chi connectivity index (χ3n) is 3.82. The van der Waals surface area contributed by atoms with Gasteiger partial charge in [-0.3, -0.25) is 20.0 Å². The van der Waals surface area contributed by atoms with E-state index in [4.69, 9.17) is 0 Å². The summed E-state index contributed by atoms with van der Waals surface area (Å²) in [5.74, 6) is 0.723. The van der Waals surface area contributed by atoms with Crippen LogP contribution in [-0.2, 0) is 6.54 Å². The molecule has 0 saturated heterocycles. The van der Waals surface area contributed by atoms with E-state index in [1.54, 1.807) is 19.2 Å². The van der Waals surface area contributed by atoms with E-state index in [1.807, 2.05) is 0 Å². The van der Waals surface area contributed by atoms with Crippen LogP contribution in [0.25, 0.3) is 0 Å². The zero-order valence-electron chi connectivity index (χ0n) is 15.7. The number of rotatable bonds is 8. The number of non-ortho nitro benzene ring substituents is 1. The van der Waals surface area contributed by atoms with Crippen LogP contribution in [0.4, 0.5) is 5.69 Å². The Hall–Kier alpha value is -1.42. The number of nitro groups is 1. The molecule has 1 aromatic carbocycles. The molecule has 2 N–H and O–H groups in total. The monoisotopic (exact) mass is 463 g/mol. The summed E-state index contributed by atoms with van der Waals surface area (Å²) in [5, 5.41) is 17.2. The number of guanidine groups is 1. The second kappa shape index (κ2) is 12.0. The van der Waals surface area contributed by atoms with E-state index in [9.17, 15) is 10.1 Å². The average molecular weight is 463 g/mol. The number of benzene rings is 1. The van der Waals surface area contributed by atoms with E-state index in [0.717, 1.165) is 24.6 Å². The summed E-state index contributed by atoms with van der Waals surface area (Å²) in [6.45, 7) is 11.1. The van der Waals surface area contributed by atoms with Crippen LogP contribution in [0.3, 0.4) is 0 Å². The molecule has 0 aliphatic heterocycles. The van der Waals surface area contributed by atoms with Crippen LogP contribution in [-0.4, -0.2) is 48.0 Å². The molecule has 0 unspecified atom stereocenters. The summed E-state index contributed by atoms with van der Waals surface area (Å²) >= 11 is 0. The van der Waals surface area contributed by atoms with Gasteiger partial charge in [-0.1, -0.05) is 12.1 Å². The molecule has 1 aromatic rings. The molecule has 8 heteroatoms. The molecule has 0 bridgehead atoms. The Morgan fingerprint density at radius 2 is 1.72 bits per heavy atom. The van der Waals surface area contributed by atoms with Gasteiger partial charge in [-0.05, 0) is 33.3 Å². The van der Waals surface area contributed by atoms with Gasteiger partial charge in [-0.2, -0.15) is 0 Å². The summed E-state index contributed by atoms with van der Waals surface area (Å²) in [7, 11) is 1.73. The van der Waals surface area contributed by atoms with Crippen LogP contribution in [0, 0.1) is 10.1 Å². The Kier molecular flexibility index (Phi) is 11.3. The van der Waals surface area contributed by atoms with Crippen molar-refractivity contribution in [3.63, 3.8) is 0 Å². The van der Waals surface area contributed by atoms with Crippen molar-refractivity contribution in [1.29, 1.82) is 0 Å². The van der Waals surface area contributed by atoms with Crippen molar-refractivity contribution in [3.05, 3.63) is 39.9 Å². The van der Waals surface area contributed by atoms with Gasteiger partial charge in [0.05, 0.1) is 4.92 Å². The minimum atomic E-state index is -0.396. The number of nitro benzene ring substituents is 1. The molecular formula is C17H30IN5O2. The first-order valence-electron chi connectivity index (χ1n) is 8.28. The largest absolute Gasteiger partial charge is 0.355 e. The molecular weight excluding hydrogens is 433 g/mol. The minimum absolute atomic E-state index is 0. The van der Waals surface area contributed by atoms with E-state index < -0.39 is 4.92 Å². The number of nitrogens with one attached hydrogen (secondary N) is 2. The van der Waals surface area contributed by atoms with E-state index in [2.05, 4.69) is 48.2 Å². The van der Waals surface area contributed by atoms with Crippen molar-refractivity contribution in [2.24, 2.45) is 4.99 Å². The lowest BCUT2D eigenvalue weighted by molar-refractivity contribution is -0.384. The fourth-order valence-corrected chi connectivity index (χ4v) is 2.56. The molecule has 0 fully saturated rings. The SMILES string of the molecule is CN=C(NCCN(C(C)C)C(C)C)NCc1ccc([N+](=O)[O-])cc1.I. The normalized spacial score (nSPS) is 11.6. The summed E-state index contributed by atoms with van der Waals surface area (Å²) < 4.78 is 0. The topological polar surface area (TPSA) is 82.8 Å². The zero-order valence-corrected chi connectivity index (χ0v) is 18.0. The molecule has 0 saturated carbocycles. The molecule has 0 aliphatic rings. The van der Waals surface area contributed by atoms with Crippen molar-refractivity contribution >= 4 is 35.6 Å². The fraction of sp³-hybridized carbons (Fsp3) is 0.588. The lowest BCUT2D eigenvalue weighted by Gasteiger charge is -2.30. The standard InChI is InChI=1S/C17H29N5O2.HI/c1-13(2)21(14(3)4)11-10-19-17(18-5)20-12-15-6-8-16(9-7-15)22(23)24;/h6-9,13-14H,10-12H2,1-5H3,(H2,18,19,20);1H.